The van der Waals surface area contributed by atoms with E-state index >= 15 is 0 Å². The fourth-order valence-electron chi connectivity index (χ4n) is 2.77. The molecule has 1 aromatic rings. The number of ether oxygens (including phenoxy) is 1. The number of hydrogen-bond acceptors (Lipinski definition) is 4. The molecule has 21 heavy (non-hydrogen) atoms. The topological polar surface area (TPSA) is 61.8 Å². The normalized spacial score (nSPS) is 19.3. The number of phenolic OH excluding ortho intramolecular Hbond substituents is 1. The van der Waals surface area contributed by atoms with Gasteiger partial charge in [-0.25, -0.2) is 0 Å². The maximum atomic E-state index is 12.0. The van der Waals surface area contributed by atoms with Crippen LogP contribution in [0.5, 0.6) is 11.5 Å². The number of likely N-dealkylation sites (tertiary alicyclic amines) is 1. The van der Waals surface area contributed by atoms with Crippen LogP contribution in [-0.4, -0.2) is 42.7 Å². The lowest BCUT2D eigenvalue weighted by molar-refractivity contribution is -0.127. The minimum atomic E-state index is -0.159. The fourth-order valence-corrected chi connectivity index (χ4v) is 3.00. The minimum Gasteiger partial charge on any atom is -0.504 e. The molecule has 2 N–H and O–H groups in total. The van der Waals surface area contributed by atoms with Crippen molar-refractivity contribution in [3.05, 3.63) is 22.7 Å². The second-order valence-electron chi connectivity index (χ2n) is 5.21. The summed E-state index contributed by atoms with van der Waals surface area (Å²) in [5.74, 6) is 0.456. The van der Waals surface area contributed by atoms with Gasteiger partial charge in [-0.05, 0) is 25.5 Å². The third-order valence-corrected chi connectivity index (χ3v) is 4.09. The van der Waals surface area contributed by atoms with Gasteiger partial charge in [-0.2, -0.15) is 0 Å². The van der Waals surface area contributed by atoms with Crippen LogP contribution in [0.4, 0.5) is 0 Å². The van der Waals surface area contributed by atoms with Gasteiger partial charge in [0, 0.05) is 30.2 Å². The van der Waals surface area contributed by atoms with E-state index in [1.807, 2.05) is 0 Å². The molecule has 1 aliphatic rings. The molecule has 5 nitrogen and oxygen atoms in total. The Morgan fingerprint density at radius 3 is 2.95 bits per heavy atom. The Bertz CT molecular complexity index is 522. The molecule has 1 amide bonds. The number of amides is 1. The number of hydrogen-bond donors (Lipinski definition) is 2. The molecule has 0 saturated carbocycles. The molecule has 116 valence electrons. The molecule has 0 aliphatic carbocycles. The summed E-state index contributed by atoms with van der Waals surface area (Å²) in [5, 5.41) is 13.4. The van der Waals surface area contributed by atoms with Gasteiger partial charge in [-0.15, -0.1) is 0 Å². The van der Waals surface area contributed by atoms with Gasteiger partial charge in [0.1, 0.15) is 0 Å². The summed E-state index contributed by atoms with van der Waals surface area (Å²) in [5.41, 5.74) is 0.676. The Balaban J connectivity index is 2.23. The van der Waals surface area contributed by atoms with Crippen LogP contribution in [0.25, 0.3) is 0 Å². The molecule has 1 aromatic carbocycles. The van der Waals surface area contributed by atoms with Crippen molar-refractivity contribution in [1.29, 1.82) is 0 Å². The van der Waals surface area contributed by atoms with E-state index in [1.54, 1.807) is 19.2 Å². The highest BCUT2D eigenvalue weighted by atomic mass is 35.5. The Labute approximate surface area is 129 Å². The van der Waals surface area contributed by atoms with Gasteiger partial charge < -0.3 is 15.2 Å². The second kappa shape index (κ2) is 7.00. The van der Waals surface area contributed by atoms with E-state index in [9.17, 15) is 9.90 Å². The van der Waals surface area contributed by atoms with Crippen molar-refractivity contribution >= 4 is 17.5 Å². The zero-order chi connectivity index (χ0) is 15.4. The average Bonchev–Trinajstić information content (AvgIpc) is 2.50. The number of likely N-dealkylation sites (N-methyl/N-ethyl adjacent to an activating group) is 1. The van der Waals surface area contributed by atoms with E-state index in [0.717, 1.165) is 25.8 Å². The number of nitrogens with zero attached hydrogens (tertiary/aromatic N) is 1. The first-order valence-electron chi connectivity index (χ1n) is 7.07. The average molecular weight is 313 g/mol. The largest absolute Gasteiger partial charge is 0.504 e. The maximum Gasteiger partial charge on any atom is 0.237 e. The smallest absolute Gasteiger partial charge is 0.237 e. The highest BCUT2D eigenvalue weighted by molar-refractivity contribution is 6.30. The molecular weight excluding hydrogens is 292 g/mol. The van der Waals surface area contributed by atoms with E-state index < -0.39 is 0 Å². The van der Waals surface area contributed by atoms with Gasteiger partial charge in [0.2, 0.25) is 5.91 Å². The molecular formula is C15H21ClN2O3. The summed E-state index contributed by atoms with van der Waals surface area (Å²) < 4.78 is 5.12. The molecule has 2 rings (SSSR count). The number of aromatic hydroxyl groups is 1. The van der Waals surface area contributed by atoms with Gasteiger partial charge in [-0.3, -0.25) is 9.69 Å². The number of nitrogens with one attached hydrogen (secondary N) is 1. The zero-order valence-electron chi connectivity index (χ0n) is 12.4. The SMILES string of the molecule is CNC(=O)C1CCCCN1Cc1cc(Cl)cc(OC)c1O. The van der Waals surface area contributed by atoms with Crippen molar-refractivity contribution < 1.29 is 14.6 Å². The number of carbonyl (C=O) groups excluding carboxylic acids is 1. The first-order valence-corrected chi connectivity index (χ1v) is 7.45. The van der Waals surface area contributed by atoms with Crippen LogP contribution in [-0.2, 0) is 11.3 Å². The molecule has 1 saturated heterocycles. The van der Waals surface area contributed by atoms with E-state index in [-0.39, 0.29) is 17.7 Å². The monoisotopic (exact) mass is 312 g/mol. The molecule has 6 heteroatoms. The van der Waals surface area contributed by atoms with E-state index in [0.29, 0.717) is 22.9 Å². The van der Waals surface area contributed by atoms with Crippen LogP contribution >= 0.6 is 11.6 Å². The van der Waals surface area contributed by atoms with Crippen LogP contribution < -0.4 is 10.1 Å². The number of rotatable bonds is 4. The summed E-state index contributed by atoms with van der Waals surface area (Å²) >= 11 is 6.06. The number of piperidine rings is 1. The number of carbonyl (C=O) groups is 1. The summed E-state index contributed by atoms with van der Waals surface area (Å²) in [6, 6.07) is 3.13. The van der Waals surface area contributed by atoms with Crippen LogP contribution in [0, 0.1) is 0 Å². The van der Waals surface area contributed by atoms with E-state index in [4.69, 9.17) is 16.3 Å². The first-order chi connectivity index (χ1) is 10.1. The van der Waals surface area contributed by atoms with Crippen molar-refractivity contribution in [3.63, 3.8) is 0 Å². The van der Waals surface area contributed by atoms with E-state index in [1.165, 1.54) is 7.11 Å². The number of methoxy groups -OCH3 is 1. The number of halogens is 1. The predicted molar refractivity (Wildman–Crippen MR) is 81.8 cm³/mol. The van der Waals surface area contributed by atoms with Gasteiger partial charge in [-0.1, -0.05) is 18.0 Å². The zero-order valence-corrected chi connectivity index (χ0v) is 13.1. The fraction of sp³-hybridized carbons (Fsp3) is 0.533. The lowest BCUT2D eigenvalue weighted by Gasteiger charge is -2.34. The highest BCUT2D eigenvalue weighted by Crippen LogP contribution is 2.35. The maximum absolute atomic E-state index is 12.0. The Morgan fingerprint density at radius 2 is 2.29 bits per heavy atom. The molecule has 0 spiro atoms. The molecule has 0 aromatic heterocycles. The molecule has 1 fully saturated rings. The number of phenols is 1. The molecule has 0 bridgehead atoms. The molecule has 1 heterocycles. The van der Waals surface area contributed by atoms with Gasteiger partial charge in [0.25, 0.3) is 0 Å². The summed E-state index contributed by atoms with van der Waals surface area (Å²) in [6.45, 7) is 1.30. The van der Waals surface area contributed by atoms with Gasteiger partial charge >= 0.3 is 0 Å². The Morgan fingerprint density at radius 1 is 1.52 bits per heavy atom. The molecule has 1 unspecified atom stereocenters. The lowest BCUT2D eigenvalue weighted by atomic mass is 10.00. The van der Waals surface area contributed by atoms with Crippen LogP contribution in [0.3, 0.4) is 0 Å². The second-order valence-corrected chi connectivity index (χ2v) is 5.65. The molecule has 1 aliphatic heterocycles. The highest BCUT2D eigenvalue weighted by Gasteiger charge is 2.28. The van der Waals surface area contributed by atoms with Crippen LogP contribution in [0.1, 0.15) is 24.8 Å². The first kappa shape index (κ1) is 15.9. The third-order valence-electron chi connectivity index (χ3n) is 3.87. The van der Waals surface area contributed by atoms with Crippen molar-refractivity contribution in [3.8, 4) is 11.5 Å². The van der Waals surface area contributed by atoms with Crippen LogP contribution in [0.15, 0.2) is 12.1 Å². The van der Waals surface area contributed by atoms with Crippen molar-refractivity contribution in [2.24, 2.45) is 0 Å². The number of benzene rings is 1. The summed E-state index contributed by atoms with van der Waals surface area (Å²) in [4.78, 5) is 14.1. The molecule has 1 atom stereocenters. The standard InChI is InChI=1S/C15H21ClN2O3/c1-17-15(20)12-5-3-4-6-18(12)9-10-7-11(16)8-13(21-2)14(10)19/h7-8,12,19H,3-6,9H2,1-2H3,(H,17,20). The Hall–Kier alpha value is -1.46. The van der Waals surface area contributed by atoms with Gasteiger partial charge in [0.15, 0.2) is 11.5 Å². The van der Waals surface area contributed by atoms with Crippen molar-refractivity contribution in [2.45, 2.75) is 31.8 Å². The molecule has 0 radical (unpaired) electrons. The minimum absolute atomic E-state index is 0.0168. The van der Waals surface area contributed by atoms with Gasteiger partial charge in [0.05, 0.1) is 13.2 Å². The van der Waals surface area contributed by atoms with Crippen molar-refractivity contribution in [1.82, 2.24) is 10.2 Å². The van der Waals surface area contributed by atoms with Crippen molar-refractivity contribution in [2.75, 3.05) is 20.7 Å². The third kappa shape index (κ3) is 3.60. The summed E-state index contributed by atoms with van der Waals surface area (Å²) in [6.07, 6.45) is 2.92. The van der Waals surface area contributed by atoms with Crippen LogP contribution in [0.2, 0.25) is 5.02 Å². The predicted octanol–water partition coefficient (Wildman–Crippen LogP) is 2.15. The van der Waals surface area contributed by atoms with E-state index in [2.05, 4.69) is 10.2 Å². The lowest BCUT2D eigenvalue weighted by Crippen LogP contribution is -2.48. The quantitative estimate of drug-likeness (QED) is 0.894. The Kier molecular flexibility index (Phi) is 5.31. The summed E-state index contributed by atoms with van der Waals surface area (Å²) in [7, 11) is 3.14.